The van der Waals surface area contributed by atoms with Crippen molar-refractivity contribution < 1.29 is 48.0 Å². The first-order chi connectivity index (χ1) is 7.52. The predicted octanol–water partition coefficient (Wildman–Crippen LogP) is -1.21. The van der Waals surface area contributed by atoms with E-state index < -0.39 is 23.2 Å². The Morgan fingerprint density at radius 1 is 0.944 bits per heavy atom. The summed E-state index contributed by atoms with van der Waals surface area (Å²) in [7, 11) is 0. The zero-order valence-electron chi connectivity index (χ0n) is 11.7. The van der Waals surface area contributed by atoms with Crippen molar-refractivity contribution >= 4 is 0 Å². The average Bonchev–Trinajstić information content (AvgIpc) is 2.73. The average molecular weight is 362 g/mol. The summed E-state index contributed by atoms with van der Waals surface area (Å²) in [4.78, 5) is 0. The van der Waals surface area contributed by atoms with Gasteiger partial charge in [-0.15, -0.1) is 0 Å². The molecule has 2 aliphatic rings. The number of hydrogen-bond acceptors (Lipinski definition) is 0. The summed E-state index contributed by atoms with van der Waals surface area (Å²) in [5.41, 5.74) is 8.01. The molecule has 0 aliphatic heterocycles. The molecule has 18 heavy (non-hydrogen) atoms. The molecule has 0 aromatic carbocycles. The number of halogens is 2. The molecule has 0 atom stereocenters. The SMILES string of the molecule is CC1=[C]([Zr+2][CH]2C(C)=C(C)C(C)=C2C)CC=C1.[Cl-].[Cl-]. The topological polar surface area (TPSA) is 0 Å². The van der Waals surface area contributed by atoms with Gasteiger partial charge in [-0.2, -0.15) is 0 Å². The minimum atomic E-state index is -0.447. The third kappa shape index (κ3) is 3.30. The molecule has 0 saturated heterocycles. The van der Waals surface area contributed by atoms with Crippen molar-refractivity contribution in [3.8, 4) is 0 Å². The van der Waals surface area contributed by atoms with Crippen molar-refractivity contribution in [2.75, 3.05) is 0 Å². The molecule has 0 aromatic rings. The molecule has 0 aromatic heterocycles. The van der Waals surface area contributed by atoms with Crippen LogP contribution in [0.4, 0.5) is 0 Å². The van der Waals surface area contributed by atoms with Crippen LogP contribution < -0.4 is 24.8 Å². The number of rotatable bonds is 2. The van der Waals surface area contributed by atoms with E-state index in [1.165, 1.54) is 6.42 Å². The fourth-order valence-electron chi connectivity index (χ4n) is 2.53. The second kappa shape index (κ2) is 7.27. The van der Waals surface area contributed by atoms with Crippen molar-refractivity contribution in [3.05, 3.63) is 43.3 Å². The molecule has 3 heteroatoms. The van der Waals surface area contributed by atoms with Crippen LogP contribution in [-0.2, 0) is 23.2 Å². The molecule has 0 unspecified atom stereocenters. The first-order valence-corrected chi connectivity index (χ1v) is 8.65. The van der Waals surface area contributed by atoms with Gasteiger partial charge >= 0.3 is 111 Å². The van der Waals surface area contributed by atoms with E-state index in [1.807, 2.05) is 0 Å². The van der Waals surface area contributed by atoms with Crippen LogP contribution in [-0.4, -0.2) is 0 Å². The van der Waals surface area contributed by atoms with Gasteiger partial charge in [0.05, 0.1) is 0 Å². The smallest absolute Gasteiger partial charge is 1.00 e. The van der Waals surface area contributed by atoms with Crippen LogP contribution in [0.15, 0.2) is 43.3 Å². The maximum Gasteiger partial charge on any atom is -1.00 e. The molecular formula is C15H20Cl2Zr. The summed E-state index contributed by atoms with van der Waals surface area (Å²) >= 11 is -0.447. The summed E-state index contributed by atoms with van der Waals surface area (Å²) in [6.45, 7) is 11.6. The van der Waals surface area contributed by atoms with Gasteiger partial charge < -0.3 is 24.8 Å². The van der Waals surface area contributed by atoms with E-state index >= 15 is 0 Å². The maximum absolute atomic E-state index is 2.35. The van der Waals surface area contributed by atoms with Gasteiger partial charge in [-0.25, -0.2) is 0 Å². The van der Waals surface area contributed by atoms with Crippen molar-refractivity contribution in [3.63, 3.8) is 0 Å². The largest absolute Gasteiger partial charge is 1.00 e. The zero-order chi connectivity index (χ0) is 11.9. The Hall–Kier alpha value is 0.423. The van der Waals surface area contributed by atoms with E-state index in [9.17, 15) is 0 Å². The third-order valence-electron chi connectivity index (χ3n) is 4.10. The standard InChI is InChI=1S/C9H13.C6H7.2ClH.Zr/c1-6-5-7(2)9(4)8(6)3;1-6-4-2-3-5-6;;;/h5H,1-4H3;2,4H,3H2,1H3;2*1H;/q;;;;+2/p-2. The van der Waals surface area contributed by atoms with Crippen LogP contribution in [0.25, 0.3) is 0 Å². The normalized spacial score (nSPS) is 19.2. The van der Waals surface area contributed by atoms with Crippen molar-refractivity contribution in [1.29, 1.82) is 0 Å². The van der Waals surface area contributed by atoms with Crippen LogP contribution in [0.5, 0.6) is 0 Å². The molecular weight excluding hydrogens is 342 g/mol. The zero-order valence-corrected chi connectivity index (χ0v) is 15.7. The summed E-state index contributed by atoms with van der Waals surface area (Å²) in [5.74, 6) is 0. The van der Waals surface area contributed by atoms with Crippen molar-refractivity contribution in [1.82, 2.24) is 0 Å². The van der Waals surface area contributed by atoms with Crippen LogP contribution in [0.1, 0.15) is 41.0 Å². The summed E-state index contributed by atoms with van der Waals surface area (Å²) in [5, 5.41) is 0. The Labute approximate surface area is 135 Å². The molecule has 2 aliphatic carbocycles. The molecule has 98 valence electrons. The minimum absolute atomic E-state index is 0. The Balaban J connectivity index is 0.00000144. The molecule has 0 amide bonds. The summed E-state index contributed by atoms with van der Waals surface area (Å²) in [6, 6.07) is 0. The fourth-order valence-corrected chi connectivity index (χ4v) is 6.86. The Morgan fingerprint density at radius 3 is 1.83 bits per heavy atom. The van der Waals surface area contributed by atoms with Crippen molar-refractivity contribution in [2.45, 2.75) is 44.7 Å². The van der Waals surface area contributed by atoms with Gasteiger partial charge in [0.25, 0.3) is 0 Å². The Bertz CT molecular complexity index is 429. The van der Waals surface area contributed by atoms with Crippen LogP contribution in [0.2, 0.25) is 3.63 Å². The fraction of sp³-hybridized carbons (Fsp3) is 0.467. The molecule has 0 spiro atoms. The van der Waals surface area contributed by atoms with Gasteiger partial charge in [0.2, 0.25) is 0 Å². The Morgan fingerprint density at radius 2 is 1.44 bits per heavy atom. The Kier molecular flexibility index (Phi) is 7.44. The van der Waals surface area contributed by atoms with Crippen LogP contribution in [0, 0.1) is 0 Å². The van der Waals surface area contributed by atoms with Gasteiger partial charge in [-0.05, 0) is 0 Å². The van der Waals surface area contributed by atoms with Gasteiger partial charge in [0, 0.05) is 0 Å². The van der Waals surface area contributed by atoms with E-state index in [4.69, 9.17) is 0 Å². The predicted molar refractivity (Wildman–Crippen MR) is 67.0 cm³/mol. The van der Waals surface area contributed by atoms with Crippen LogP contribution in [0.3, 0.4) is 0 Å². The second-order valence-corrected chi connectivity index (χ2v) is 8.57. The van der Waals surface area contributed by atoms with Crippen LogP contribution >= 0.6 is 0 Å². The third-order valence-corrected chi connectivity index (χ3v) is 9.26. The van der Waals surface area contributed by atoms with E-state index in [2.05, 4.69) is 46.8 Å². The monoisotopic (exact) mass is 360 g/mol. The summed E-state index contributed by atoms with van der Waals surface area (Å²) < 4.78 is 2.64. The van der Waals surface area contributed by atoms with Crippen molar-refractivity contribution in [2.24, 2.45) is 0 Å². The first kappa shape index (κ1) is 18.4. The molecule has 0 bridgehead atoms. The number of hydrogen-bond donors (Lipinski definition) is 0. The summed E-state index contributed by atoms with van der Waals surface area (Å²) in [6.07, 6.45) is 5.88. The van der Waals surface area contributed by atoms with E-state index in [-0.39, 0.29) is 24.8 Å². The maximum atomic E-state index is 2.35. The van der Waals surface area contributed by atoms with Gasteiger partial charge in [0.15, 0.2) is 0 Å². The first-order valence-electron chi connectivity index (χ1n) is 6.00. The van der Waals surface area contributed by atoms with E-state index in [0.29, 0.717) is 0 Å². The number of allylic oxidation sites excluding steroid dienone is 8. The van der Waals surface area contributed by atoms with Gasteiger partial charge in [0.1, 0.15) is 0 Å². The molecule has 0 fully saturated rings. The van der Waals surface area contributed by atoms with Gasteiger partial charge in [-0.3, -0.25) is 0 Å². The molecule has 0 heterocycles. The van der Waals surface area contributed by atoms with Gasteiger partial charge in [-0.1, -0.05) is 0 Å². The second-order valence-electron chi connectivity index (χ2n) is 4.96. The quantitative estimate of drug-likeness (QED) is 0.578. The molecule has 0 N–H and O–H groups in total. The molecule has 0 radical (unpaired) electrons. The minimum Gasteiger partial charge on any atom is -1.00 e. The molecule has 0 nitrogen and oxygen atoms in total. The molecule has 0 saturated carbocycles. The molecule has 2 rings (SSSR count). The van der Waals surface area contributed by atoms with E-state index in [1.54, 1.807) is 31.1 Å². The van der Waals surface area contributed by atoms with E-state index in [0.717, 1.165) is 3.63 Å².